The maximum absolute atomic E-state index is 8.89. The van der Waals surface area contributed by atoms with Crippen LogP contribution in [0, 0.1) is 0 Å². The Kier molecular flexibility index (Phi) is 71.0. The Balaban J connectivity index is -0.0000000382. The normalized spacial score (nSPS) is 6.82. The molecule has 13 nitrogen and oxygen atoms in total. The summed E-state index contributed by atoms with van der Waals surface area (Å²) in [6.07, 6.45) is 0. The van der Waals surface area contributed by atoms with Crippen molar-refractivity contribution in [3.63, 3.8) is 0 Å². The van der Waals surface area contributed by atoms with Gasteiger partial charge in [-0.05, 0) is 34.6 Å². The number of carbonyl (C=O) groups is 5. The number of nitrogens with one attached hydrogen (secondary N) is 1. The van der Waals surface area contributed by atoms with Crippen LogP contribution < -0.4 is 42.3 Å². The van der Waals surface area contributed by atoms with E-state index in [-0.39, 0.29) is 17.1 Å². The quantitative estimate of drug-likeness (QED) is 0.264. The summed E-state index contributed by atoms with van der Waals surface area (Å²) >= 11 is 0. The molecule has 0 atom stereocenters. The Labute approximate surface area is 174 Å². The van der Waals surface area contributed by atoms with Crippen molar-refractivity contribution in [1.29, 1.82) is 0 Å². The molecule has 0 aromatic heterocycles. The van der Waals surface area contributed by atoms with Crippen molar-refractivity contribution in [3.05, 3.63) is 0 Å². The molecular weight excluding hydrogens is 425 g/mol. The molecule has 0 unspecified atom stereocenters. The van der Waals surface area contributed by atoms with E-state index < -0.39 is 29.8 Å². The van der Waals surface area contributed by atoms with Gasteiger partial charge in [0.15, 0.2) is 0 Å². The minimum Gasteiger partial charge on any atom is -0.550 e. The largest absolute Gasteiger partial charge is 0.550 e. The number of hydrogen-bond acceptors (Lipinski definition) is 13. The molecule has 5 N–H and O–H groups in total. The van der Waals surface area contributed by atoms with E-state index in [2.05, 4.69) is 5.32 Å². The predicted octanol–water partition coefficient (Wildman–Crippen LogP) is -7.73. The molecule has 0 saturated heterocycles. The third-order valence-electron chi connectivity index (χ3n) is 0.642. The van der Waals surface area contributed by atoms with Crippen LogP contribution in [0.5, 0.6) is 0 Å². The van der Waals surface area contributed by atoms with Crippen molar-refractivity contribution in [3.8, 4) is 0 Å². The molecule has 0 bridgehead atoms. The summed E-state index contributed by atoms with van der Waals surface area (Å²) in [6.45, 7) is 7.99. The molecule has 0 aromatic carbocycles. The van der Waals surface area contributed by atoms with Gasteiger partial charge in [-0.15, -0.1) is 0 Å². The maximum Gasteiger partial charge on any atom is 0.0383 e. The summed E-state index contributed by atoms with van der Waals surface area (Å²) in [5.74, 6) is -5.42. The van der Waals surface area contributed by atoms with E-state index in [9.17, 15) is 0 Å². The molecule has 0 aliphatic carbocycles. The Bertz CT molecular complexity index is 289. The van der Waals surface area contributed by atoms with Crippen LogP contribution in [0.25, 0.3) is 0 Å². The fourth-order valence-electron chi connectivity index (χ4n) is 0.329. The fraction of sp³-hybridized carbons (Fsp3) is 0.643. The average Bonchev–Trinajstić information content (AvgIpc) is 2.35. The van der Waals surface area contributed by atoms with Gasteiger partial charge in [-0.3, -0.25) is 0 Å². The number of carboxylic acid groups (broad SMARTS) is 5. The molecular formula is C14H28MnN3O10-5. The molecule has 0 aromatic rings. The van der Waals surface area contributed by atoms with Crippen LogP contribution >= 0.6 is 0 Å². The zero-order valence-electron chi connectivity index (χ0n) is 16.4. The standard InChI is InChI=1S/C4H13N3.5C2H4O2.Mn/c5-1-3-7-4-2-6;5*1-2(3)4;/h7H,1-6H2;5*1H3,(H,3,4);/p-5. The molecule has 0 aliphatic heterocycles. The van der Waals surface area contributed by atoms with E-state index in [4.69, 9.17) is 61.0 Å². The van der Waals surface area contributed by atoms with E-state index in [0.29, 0.717) is 13.1 Å². The van der Waals surface area contributed by atoms with Gasteiger partial charge in [-0.1, -0.05) is 0 Å². The van der Waals surface area contributed by atoms with Crippen molar-refractivity contribution in [2.75, 3.05) is 26.2 Å². The van der Waals surface area contributed by atoms with Gasteiger partial charge in [0.25, 0.3) is 0 Å². The van der Waals surface area contributed by atoms with Crippen molar-refractivity contribution in [2.24, 2.45) is 11.5 Å². The molecule has 171 valence electrons. The van der Waals surface area contributed by atoms with Crippen molar-refractivity contribution in [1.82, 2.24) is 5.32 Å². The molecule has 1 radical (unpaired) electrons. The molecule has 0 amide bonds. The van der Waals surface area contributed by atoms with Gasteiger partial charge in [-0.2, -0.15) is 0 Å². The number of aliphatic carboxylic acids is 5. The summed E-state index contributed by atoms with van der Waals surface area (Å²) in [5, 5.41) is 47.5. The third kappa shape index (κ3) is 4020. The molecule has 0 saturated carbocycles. The van der Waals surface area contributed by atoms with Gasteiger partial charge < -0.3 is 66.3 Å². The van der Waals surface area contributed by atoms with Crippen LogP contribution in [0.4, 0.5) is 0 Å². The first-order valence-corrected chi connectivity index (χ1v) is 7.06. The topological polar surface area (TPSA) is 265 Å². The zero-order valence-corrected chi connectivity index (χ0v) is 17.6. The summed E-state index contributed by atoms with van der Waals surface area (Å²) in [5.41, 5.74) is 10.3. The van der Waals surface area contributed by atoms with Crippen molar-refractivity contribution < 1.29 is 66.6 Å². The second kappa shape index (κ2) is 44.3. The number of hydrogen-bond donors (Lipinski definition) is 3. The van der Waals surface area contributed by atoms with Crippen molar-refractivity contribution >= 4 is 29.8 Å². The second-order valence-corrected chi connectivity index (χ2v) is 3.79. The van der Waals surface area contributed by atoms with Crippen LogP contribution in [0.15, 0.2) is 0 Å². The first-order valence-electron chi connectivity index (χ1n) is 7.06. The number of nitrogens with two attached hydrogens (primary N) is 2. The van der Waals surface area contributed by atoms with Gasteiger partial charge >= 0.3 is 0 Å². The summed E-state index contributed by atoms with van der Waals surface area (Å²) in [4.78, 5) is 44.4. The average molecular weight is 453 g/mol. The molecule has 0 spiro atoms. The Morgan fingerprint density at radius 3 is 0.750 bits per heavy atom. The Hall–Kier alpha value is -2.25. The van der Waals surface area contributed by atoms with E-state index >= 15 is 0 Å². The van der Waals surface area contributed by atoms with E-state index in [0.717, 1.165) is 47.7 Å². The smallest absolute Gasteiger partial charge is 0.0383 e. The molecule has 28 heavy (non-hydrogen) atoms. The minimum absolute atomic E-state index is 0. The second-order valence-electron chi connectivity index (χ2n) is 3.79. The van der Waals surface area contributed by atoms with Crippen LogP contribution in [-0.4, -0.2) is 56.0 Å². The van der Waals surface area contributed by atoms with Crippen LogP contribution in [0.3, 0.4) is 0 Å². The summed E-state index contributed by atoms with van der Waals surface area (Å²) in [7, 11) is 0. The first kappa shape index (κ1) is 44.9. The monoisotopic (exact) mass is 453 g/mol. The SMILES string of the molecule is CC(=O)[O-].CC(=O)[O-].CC(=O)[O-].CC(=O)[O-].CC(=O)[O-].NCCNCCN.[Mn]. The van der Waals surface area contributed by atoms with Gasteiger partial charge in [0.05, 0.1) is 0 Å². The number of rotatable bonds is 4. The van der Waals surface area contributed by atoms with E-state index in [1.165, 1.54) is 0 Å². The van der Waals surface area contributed by atoms with Gasteiger partial charge in [-0.25, -0.2) is 0 Å². The van der Waals surface area contributed by atoms with E-state index in [1.54, 1.807) is 0 Å². The number of carbonyl (C=O) groups excluding carboxylic acids is 5. The van der Waals surface area contributed by atoms with Gasteiger partial charge in [0.2, 0.25) is 0 Å². The van der Waals surface area contributed by atoms with Crippen LogP contribution in [0.2, 0.25) is 0 Å². The molecule has 14 heteroatoms. The Morgan fingerprint density at radius 1 is 0.571 bits per heavy atom. The maximum atomic E-state index is 8.89. The predicted molar refractivity (Wildman–Crippen MR) is 84.4 cm³/mol. The third-order valence-corrected chi connectivity index (χ3v) is 0.642. The number of carboxylic acids is 5. The summed E-state index contributed by atoms with van der Waals surface area (Å²) in [6, 6.07) is 0. The zero-order chi connectivity index (χ0) is 23.4. The Morgan fingerprint density at radius 2 is 0.679 bits per heavy atom. The van der Waals surface area contributed by atoms with Crippen LogP contribution in [0.1, 0.15) is 34.6 Å². The molecule has 0 rings (SSSR count). The van der Waals surface area contributed by atoms with Gasteiger partial charge in [0, 0.05) is 73.1 Å². The molecule has 0 fully saturated rings. The summed E-state index contributed by atoms with van der Waals surface area (Å²) < 4.78 is 0. The molecule has 0 aliphatic rings. The fourth-order valence-corrected chi connectivity index (χ4v) is 0.329. The van der Waals surface area contributed by atoms with Crippen molar-refractivity contribution in [2.45, 2.75) is 34.6 Å². The molecule has 0 heterocycles. The van der Waals surface area contributed by atoms with Crippen LogP contribution in [-0.2, 0) is 41.0 Å². The van der Waals surface area contributed by atoms with E-state index in [1.807, 2.05) is 0 Å². The first-order chi connectivity index (χ1) is 12.1. The van der Waals surface area contributed by atoms with Gasteiger partial charge in [0.1, 0.15) is 0 Å². The minimum atomic E-state index is -1.08.